The van der Waals surface area contributed by atoms with E-state index in [-0.39, 0.29) is 10.8 Å². The van der Waals surface area contributed by atoms with Crippen molar-refractivity contribution < 1.29 is 4.74 Å². The molecule has 0 bridgehead atoms. The van der Waals surface area contributed by atoms with Gasteiger partial charge in [0.25, 0.3) is 0 Å². The minimum Gasteiger partial charge on any atom is -0.493 e. The molecule has 0 aliphatic carbocycles. The second-order valence-corrected chi connectivity index (χ2v) is 8.20. The molecular weight excluding hydrogens is 270 g/mol. The van der Waals surface area contributed by atoms with E-state index in [0.29, 0.717) is 6.61 Å². The fraction of sp³-hybridized carbons (Fsp3) is 0.700. The zero-order chi connectivity index (χ0) is 17.0. The van der Waals surface area contributed by atoms with Crippen LogP contribution in [0.2, 0.25) is 0 Å². The fourth-order valence-corrected chi connectivity index (χ4v) is 2.72. The molecule has 0 saturated heterocycles. The van der Waals surface area contributed by atoms with Gasteiger partial charge >= 0.3 is 0 Å². The molecule has 22 heavy (non-hydrogen) atoms. The molecule has 0 atom stereocenters. The van der Waals surface area contributed by atoms with E-state index in [1.54, 1.807) is 0 Å². The first-order chi connectivity index (χ1) is 10.1. The van der Waals surface area contributed by atoms with E-state index in [2.05, 4.69) is 60.6 Å². The Hall–Kier alpha value is -1.02. The lowest BCUT2D eigenvalue weighted by atomic mass is 9.78. The highest BCUT2D eigenvalue weighted by Crippen LogP contribution is 2.41. The van der Waals surface area contributed by atoms with Crippen LogP contribution in [-0.2, 0) is 17.3 Å². The fourth-order valence-electron chi connectivity index (χ4n) is 2.72. The number of aryl methyl sites for hydroxylation is 1. The highest BCUT2D eigenvalue weighted by atomic mass is 16.5. The monoisotopic (exact) mass is 305 g/mol. The molecule has 1 rings (SSSR count). The van der Waals surface area contributed by atoms with E-state index < -0.39 is 0 Å². The minimum absolute atomic E-state index is 0.0778. The van der Waals surface area contributed by atoms with E-state index in [9.17, 15) is 0 Å². The van der Waals surface area contributed by atoms with Gasteiger partial charge < -0.3 is 10.5 Å². The third-order valence-electron chi connectivity index (χ3n) is 3.97. The van der Waals surface area contributed by atoms with Gasteiger partial charge in [-0.05, 0) is 49.1 Å². The van der Waals surface area contributed by atoms with Gasteiger partial charge in [-0.1, -0.05) is 53.7 Å². The van der Waals surface area contributed by atoms with Crippen LogP contribution in [0, 0.1) is 0 Å². The zero-order valence-electron chi connectivity index (χ0n) is 15.7. The maximum absolute atomic E-state index is 6.08. The SMILES string of the molecule is CCOc1c(C(C)(C)C)cc(CCCCN)cc1C(C)(C)C. The number of nitrogens with two attached hydrogens (primary N) is 1. The summed E-state index contributed by atoms with van der Waals surface area (Å²) in [6, 6.07) is 4.69. The molecule has 126 valence electrons. The summed E-state index contributed by atoms with van der Waals surface area (Å²) < 4.78 is 6.08. The Morgan fingerprint density at radius 1 is 0.909 bits per heavy atom. The van der Waals surface area contributed by atoms with Crippen molar-refractivity contribution >= 4 is 0 Å². The topological polar surface area (TPSA) is 35.2 Å². The molecule has 0 heterocycles. The number of hydrogen-bond donors (Lipinski definition) is 1. The highest BCUT2D eigenvalue weighted by molar-refractivity contribution is 5.51. The van der Waals surface area contributed by atoms with Gasteiger partial charge in [-0.3, -0.25) is 0 Å². The summed E-state index contributed by atoms with van der Waals surface area (Å²) in [5.74, 6) is 1.09. The lowest BCUT2D eigenvalue weighted by molar-refractivity contribution is 0.319. The lowest BCUT2D eigenvalue weighted by Crippen LogP contribution is -2.20. The van der Waals surface area contributed by atoms with Crippen LogP contribution in [0.5, 0.6) is 5.75 Å². The van der Waals surface area contributed by atoms with Gasteiger partial charge in [0.2, 0.25) is 0 Å². The van der Waals surface area contributed by atoms with Crippen LogP contribution in [0.4, 0.5) is 0 Å². The first-order valence-electron chi connectivity index (χ1n) is 8.62. The van der Waals surface area contributed by atoms with Crippen molar-refractivity contribution in [1.29, 1.82) is 0 Å². The summed E-state index contributed by atoms with van der Waals surface area (Å²) >= 11 is 0. The van der Waals surface area contributed by atoms with E-state index in [1.165, 1.54) is 16.7 Å². The summed E-state index contributed by atoms with van der Waals surface area (Å²) in [7, 11) is 0. The highest BCUT2D eigenvalue weighted by Gasteiger charge is 2.27. The maximum atomic E-state index is 6.08. The van der Waals surface area contributed by atoms with Crippen LogP contribution in [0.3, 0.4) is 0 Å². The van der Waals surface area contributed by atoms with Gasteiger partial charge in [-0.25, -0.2) is 0 Å². The number of rotatable bonds is 6. The van der Waals surface area contributed by atoms with Gasteiger partial charge in [0.1, 0.15) is 5.75 Å². The van der Waals surface area contributed by atoms with Gasteiger partial charge in [-0.2, -0.15) is 0 Å². The molecule has 0 fully saturated rings. The van der Waals surface area contributed by atoms with Crippen molar-refractivity contribution in [3.63, 3.8) is 0 Å². The van der Waals surface area contributed by atoms with E-state index in [1.807, 2.05) is 0 Å². The van der Waals surface area contributed by atoms with Gasteiger partial charge in [0.05, 0.1) is 6.61 Å². The van der Waals surface area contributed by atoms with Gasteiger partial charge in [0.15, 0.2) is 0 Å². The second kappa shape index (κ2) is 7.50. The molecule has 0 radical (unpaired) electrons. The molecule has 0 aliphatic heterocycles. The third kappa shape index (κ3) is 5.01. The summed E-state index contributed by atoms with van der Waals surface area (Å²) in [6.45, 7) is 17.1. The predicted octanol–water partition coefficient (Wildman–Crippen LogP) is 4.96. The smallest absolute Gasteiger partial charge is 0.126 e. The molecule has 0 aromatic heterocycles. The normalized spacial score (nSPS) is 12.5. The quantitative estimate of drug-likeness (QED) is 0.754. The molecule has 0 amide bonds. The Morgan fingerprint density at radius 3 is 1.77 bits per heavy atom. The Bertz CT molecular complexity index is 442. The number of unbranched alkanes of at least 4 members (excludes halogenated alkanes) is 1. The Kier molecular flexibility index (Phi) is 6.49. The summed E-state index contributed by atoms with van der Waals surface area (Å²) in [5, 5.41) is 0. The van der Waals surface area contributed by atoms with Crippen LogP contribution in [0.15, 0.2) is 12.1 Å². The Labute approximate surface area is 137 Å². The van der Waals surface area contributed by atoms with Crippen molar-refractivity contribution in [3.05, 3.63) is 28.8 Å². The number of hydrogen-bond acceptors (Lipinski definition) is 2. The molecule has 0 spiro atoms. The van der Waals surface area contributed by atoms with Crippen molar-refractivity contribution in [1.82, 2.24) is 0 Å². The molecule has 1 aromatic rings. The van der Waals surface area contributed by atoms with Crippen LogP contribution in [0.25, 0.3) is 0 Å². The third-order valence-corrected chi connectivity index (χ3v) is 3.97. The largest absolute Gasteiger partial charge is 0.493 e. The van der Waals surface area contributed by atoms with Crippen molar-refractivity contribution in [2.75, 3.05) is 13.2 Å². The first kappa shape index (κ1) is 19.0. The Balaban J connectivity index is 3.40. The molecule has 2 nitrogen and oxygen atoms in total. The minimum atomic E-state index is 0.0778. The average molecular weight is 306 g/mol. The van der Waals surface area contributed by atoms with Crippen molar-refractivity contribution in [3.8, 4) is 5.75 Å². The number of benzene rings is 1. The maximum Gasteiger partial charge on any atom is 0.126 e. The number of ether oxygens (including phenoxy) is 1. The van der Waals surface area contributed by atoms with Crippen molar-refractivity contribution in [2.24, 2.45) is 5.73 Å². The van der Waals surface area contributed by atoms with Crippen LogP contribution in [0.1, 0.15) is 78.0 Å². The molecule has 0 unspecified atom stereocenters. The van der Waals surface area contributed by atoms with E-state index >= 15 is 0 Å². The second-order valence-electron chi connectivity index (χ2n) is 8.20. The molecule has 0 aliphatic rings. The molecule has 2 heteroatoms. The van der Waals surface area contributed by atoms with Crippen LogP contribution in [-0.4, -0.2) is 13.2 Å². The Morgan fingerprint density at radius 2 is 1.41 bits per heavy atom. The average Bonchev–Trinajstić information content (AvgIpc) is 2.38. The molecule has 1 aromatic carbocycles. The summed E-state index contributed by atoms with van der Waals surface area (Å²) in [6.07, 6.45) is 3.33. The zero-order valence-corrected chi connectivity index (χ0v) is 15.7. The van der Waals surface area contributed by atoms with Crippen LogP contribution >= 0.6 is 0 Å². The molecule has 0 saturated carbocycles. The van der Waals surface area contributed by atoms with Crippen LogP contribution < -0.4 is 10.5 Å². The van der Waals surface area contributed by atoms with E-state index in [4.69, 9.17) is 10.5 Å². The predicted molar refractivity (Wildman–Crippen MR) is 97.0 cm³/mol. The van der Waals surface area contributed by atoms with E-state index in [0.717, 1.165) is 31.6 Å². The standard InChI is InChI=1S/C20H35NO/c1-8-22-18-16(19(2,3)4)13-15(11-9-10-12-21)14-17(18)20(5,6)7/h13-14H,8-12,21H2,1-7H3. The first-order valence-corrected chi connectivity index (χ1v) is 8.62. The lowest BCUT2D eigenvalue weighted by Gasteiger charge is -2.30. The van der Waals surface area contributed by atoms with Gasteiger partial charge in [-0.15, -0.1) is 0 Å². The summed E-state index contributed by atoms with van der Waals surface area (Å²) in [4.78, 5) is 0. The molecular formula is C20H35NO. The van der Waals surface area contributed by atoms with Gasteiger partial charge in [0, 0.05) is 11.1 Å². The van der Waals surface area contributed by atoms with Crippen molar-refractivity contribution in [2.45, 2.75) is 78.6 Å². The summed E-state index contributed by atoms with van der Waals surface area (Å²) in [5.41, 5.74) is 9.85. The molecule has 2 N–H and O–H groups in total.